The lowest BCUT2D eigenvalue weighted by molar-refractivity contribution is -0.114. The van der Waals surface area contributed by atoms with Gasteiger partial charge in [-0.3, -0.25) is 4.79 Å². The summed E-state index contributed by atoms with van der Waals surface area (Å²) >= 11 is 0. The van der Waals surface area contributed by atoms with E-state index in [4.69, 9.17) is 0 Å². The molecule has 3 nitrogen and oxygen atoms in total. The van der Waals surface area contributed by atoms with Gasteiger partial charge in [-0.25, -0.2) is 0 Å². The quantitative estimate of drug-likeness (QED) is 0.889. The van der Waals surface area contributed by atoms with Crippen molar-refractivity contribution in [2.24, 2.45) is 0 Å². The van der Waals surface area contributed by atoms with Crippen LogP contribution in [0.1, 0.15) is 30.0 Å². The molecule has 0 aromatic heterocycles. The number of hydrogen-bond acceptors (Lipinski definition) is 2. The molecule has 0 heterocycles. The lowest BCUT2D eigenvalue weighted by Gasteiger charge is -2.25. The third-order valence-corrected chi connectivity index (χ3v) is 4.47. The molecule has 0 saturated carbocycles. The predicted molar refractivity (Wildman–Crippen MR) is 94.7 cm³/mol. The molecule has 23 heavy (non-hydrogen) atoms. The Morgan fingerprint density at radius 1 is 1.09 bits per heavy atom. The highest BCUT2D eigenvalue weighted by Gasteiger charge is 2.17. The molecule has 2 aromatic carbocycles. The first-order valence-corrected chi connectivity index (χ1v) is 8.37. The molecule has 2 N–H and O–H groups in total. The van der Waals surface area contributed by atoms with Gasteiger partial charge in [0.1, 0.15) is 0 Å². The van der Waals surface area contributed by atoms with Crippen molar-refractivity contribution in [1.82, 2.24) is 5.32 Å². The minimum atomic E-state index is -0.0306. The van der Waals surface area contributed by atoms with Crippen LogP contribution in [0, 0.1) is 0 Å². The van der Waals surface area contributed by atoms with Crippen molar-refractivity contribution in [3.63, 3.8) is 0 Å². The van der Waals surface area contributed by atoms with Crippen molar-refractivity contribution in [1.29, 1.82) is 0 Å². The monoisotopic (exact) mass is 308 g/mol. The molecular formula is C20H24N2O. The van der Waals surface area contributed by atoms with E-state index in [2.05, 4.69) is 47.0 Å². The first-order valence-electron chi connectivity index (χ1n) is 8.37. The van der Waals surface area contributed by atoms with Crippen LogP contribution in [0.25, 0.3) is 0 Å². The maximum Gasteiger partial charge on any atom is 0.221 e. The van der Waals surface area contributed by atoms with Gasteiger partial charge in [0.25, 0.3) is 0 Å². The fraction of sp³-hybridized carbons (Fsp3) is 0.350. The van der Waals surface area contributed by atoms with E-state index in [0.29, 0.717) is 6.04 Å². The summed E-state index contributed by atoms with van der Waals surface area (Å²) < 4.78 is 0. The minimum Gasteiger partial charge on any atom is -0.326 e. The number of aryl methyl sites for hydroxylation is 1. The fourth-order valence-corrected chi connectivity index (χ4v) is 3.25. The Hall–Kier alpha value is -2.13. The third-order valence-electron chi connectivity index (χ3n) is 4.47. The zero-order valence-corrected chi connectivity index (χ0v) is 13.6. The second-order valence-corrected chi connectivity index (χ2v) is 6.29. The Morgan fingerprint density at radius 2 is 1.83 bits per heavy atom. The summed E-state index contributed by atoms with van der Waals surface area (Å²) in [5, 5.41) is 6.48. The maximum atomic E-state index is 11.0. The summed E-state index contributed by atoms with van der Waals surface area (Å²) in [7, 11) is 0. The van der Waals surface area contributed by atoms with Gasteiger partial charge in [0, 0.05) is 18.7 Å². The average Bonchev–Trinajstić information content (AvgIpc) is 2.56. The van der Waals surface area contributed by atoms with Crippen LogP contribution < -0.4 is 10.6 Å². The topological polar surface area (TPSA) is 41.1 Å². The molecule has 1 atom stereocenters. The predicted octanol–water partition coefficient (Wildman–Crippen LogP) is 3.33. The number of nitrogens with one attached hydrogen (secondary N) is 2. The van der Waals surface area contributed by atoms with Gasteiger partial charge in [0.05, 0.1) is 0 Å². The van der Waals surface area contributed by atoms with Gasteiger partial charge in [-0.15, -0.1) is 0 Å². The van der Waals surface area contributed by atoms with Crippen molar-refractivity contribution in [2.45, 2.75) is 38.6 Å². The summed E-state index contributed by atoms with van der Waals surface area (Å²) in [6, 6.07) is 17.5. The number of rotatable bonds is 5. The smallest absolute Gasteiger partial charge is 0.221 e. The van der Waals surface area contributed by atoms with Crippen LogP contribution in [0.3, 0.4) is 0 Å². The Kier molecular flexibility index (Phi) is 5.09. The second-order valence-electron chi connectivity index (χ2n) is 6.29. The molecule has 3 heteroatoms. The van der Waals surface area contributed by atoms with E-state index in [1.807, 2.05) is 12.1 Å². The SMILES string of the molecule is CC(=O)Nc1ccc(CCN[C@H]2CCc3ccccc3C2)cc1. The third kappa shape index (κ3) is 4.42. The molecule has 0 fully saturated rings. The lowest BCUT2D eigenvalue weighted by atomic mass is 9.88. The molecule has 0 aliphatic heterocycles. The van der Waals surface area contributed by atoms with Gasteiger partial charge >= 0.3 is 0 Å². The molecule has 1 amide bonds. The van der Waals surface area contributed by atoms with Crippen LogP contribution in [0.15, 0.2) is 48.5 Å². The average molecular weight is 308 g/mol. The Balaban J connectivity index is 1.46. The molecule has 0 bridgehead atoms. The number of benzene rings is 2. The van der Waals surface area contributed by atoms with E-state index in [1.165, 1.54) is 36.5 Å². The molecule has 0 spiro atoms. The van der Waals surface area contributed by atoms with Gasteiger partial charge in [-0.1, -0.05) is 36.4 Å². The van der Waals surface area contributed by atoms with Gasteiger partial charge in [0.2, 0.25) is 5.91 Å². The van der Waals surface area contributed by atoms with Gasteiger partial charge < -0.3 is 10.6 Å². The van der Waals surface area contributed by atoms with Crippen molar-refractivity contribution in [2.75, 3.05) is 11.9 Å². The number of anilines is 1. The Labute approximate surface area is 138 Å². The summed E-state index contributed by atoms with van der Waals surface area (Å²) in [5.74, 6) is -0.0306. The van der Waals surface area contributed by atoms with Crippen molar-refractivity contribution < 1.29 is 4.79 Å². The highest BCUT2D eigenvalue weighted by atomic mass is 16.1. The van der Waals surface area contributed by atoms with Crippen molar-refractivity contribution >= 4 is 11.6 Å². The number of carbonyl (C=O) groups excluding carboxylic acids is 1. The molecule has 120 valence electrons. The second kappa shape index (κ2) is 7.42. The van der Waals surface area contributed by atoms with Crippen molar-refractivity contribution in [3.05, 3.63) is 65.2 Å². The lowest BCUT2D eigenvalue weighted by Crippen LogP contribution is -2.35. The zero-order chi connectivity index (χ0) is 16.1. The highest BCUT2D eigenvalue weighted by molar-refractivity contribution is 5.88. The van der Waals surface area contributed by atoms with Crippen LogP contribution in [0.2, 0.25) is 0 Å². The molecule has 0 saturated heterocycles. The van der Waals surface area contributed by atoms with E-state index in [9.17, 15) is 4.79 Å². The zero-order valence-electron chi connectivity index (χ0n) is 13.6. The van der Waals surface area contributed by atoms with Crippen LogP contribution in [0.5, 0.6) is 0 Å². The number of hydrogen-bond donors (Lipinski definition) is 2. The van der Waals surface area contributed by atoms with Gasteiger partial charge in [-0.05, 0) is 61.1 Å². The van der Waals surface area contributed by atoms with Crippen LogP contribution in [-0.2, 0) is 24.1 Å². The fourth-order valence-electron chi connectivity index (χ4n) is 3.25. The van der Waals surface area contributed by atoms with E-state index in [-0.39, 0.29) is 5.91 Å². The first-order chi connectivity index (χ1) is 11.2. The Bertz CT molecular complexity index is 664. The number of fused-ring (bicyclic) bond motifs is 1. The highest BCUT2D eigenvalue weighted by Crippen LogP contribution is 2.21. The summed E-state index contributed by atoms with van der Waals surface area (Å²) in [5.41, 5.74) is 5.16. The van der Waals surface area contributed by atoms with E-state index >= 15 is 0 Å². The van der Waals surface area contributed by atoms with E-state index in [1.54, 1.807) is 0 Å². The van der Waals surface area contributed by atoms with Gasteiger partial charge in [0.15, 0.2) is 0 Å². The molecule has 0 radical (unpaired) electrons. The summed E-state index contributed by atoms with van der Waals surface area (Å²) in [6.45, 7) is 2.52. The van der Waals surface area contributed by atoms with E-state index in [0.717, 1.165) is 25.1 Å². The molecule has 0 unspecified atom stereocenters. The van der Waals surface area contributed by atoms with Crippen LogP contribution in [0.4, 0.5) is 5.69 Å². The van der Waals surface area contributed by atoms with E-state index < -0.39 is 0 Å². The normalized spacial score (nSPS) is 16.7. The minimum absolute atomic E-state index is 0.0306. The van der Waals surface area contributed by atoms with Crippen LogP contribution in [-0.4, -0.2) is 18.5 Å². The molecule has 1 aliphatic carbocycles. The molecule has 2 aromatic rings. The molecule has 1 aliphatic rings. The standard InChI is InChI=1S/C20H24N2O/c1-15(23)22-19-9-6-16(7-10-19)12-13-21-20-11-8-17-4-2-3-5-18(17)14-20/h2-7,9-10,20-21H,8,11-14H2,1H3,(H,22,23)/t20-/m0/s1. The summed E-state index contributed by atoms with van der Waals surface area (Å²) in [4.78, 5) is 11.0. The molecule has 3 rings (SSSR count). The van der Waals surface area contributed by atoms with Crippen LogP contribution >= 0.6 is 0 Å². The van der Waals surface area contributed by atoms with Gasteiger partial charge in [-0.2, -0.15) is 0 Å². The Morgan fingerprint density at radius 3 is 2.57 bits per heavy atom. The summed E-state index contributed by atoms with van der Waals surface area (Å²) in [6.07, 6.45) is 4.55. The number of carbonyl (C=O) groups is 1. The molecular weight excluding hydrogens is 284 g/mol. The largest absolute Gasteiger partial charge is 0.326 e. The van der Waals surface area contributed by atoms with Crippen molar-refractivity contribution in [3.8, 4) is 0 Å². The maximum absolute atomic E-state index is 11.0. The number of amides is 1. The first kappa shape index (κ1) is 15.8.